The lowest BCUT2D eigenvalue weighted by atomic mass is 9.97. The van der Waals surface area contributed by atoms with Gasteiger partial charge in [-0.2, -0.15) is 0 Å². The van der Waals surface area contributed by atoms with E-state index in [1.165, 1.54) is 7.11 Å². The summed E-state index contributed by atoms with van der Waals surface area (Å²) < 4.78 is 4.83. The summed E-state index contributed by atoms with van der Waals surface area (Å²) in [6, 6.07) is 7.27. The summed E-state index contributed by atoms with van der Waals surface area (Å²) in [4.78, 5) is 18.5. The number of aromatic hydroxyl groups is 1. The topological polar surface area (TPSA) is 74.2 Å². The van der Waals surface area contributed by atoms with E-state index in [-0.39, 0.29) is 41.6 Å². The maximum absolute atomic E-state index is 11.6. The van der Waals surface area contributed by atoms with Gasteiger partial charge in [-0.05, 0) is 43.9 Å². The van der Waals surface area contributed by atoms with Crippen molar-refractivity contribution in [1.82, 2.24) is 10.2 Å². The Morgan fingerprint density at radius 1 is 1.40 bits per heavy atom. The van der Waals surface area contributed by atoms with E-state index >= 15 is 0 Å². The molecule has 0 amide bonds. The van der Waals surface area contributed by atoms with Crippen molar-refractivity contribution in [3.05, 3.63) is 29.8 Å². The molecule has 6 nitrogen and oxygen atoms in total. The normalized spacial score (nSPS) is 15.4. The quantitative estimate of drug-likeness (QED) is 0.305. The van der Waals surface area contributed by atoms with Crippen molar-refractivity contribution in [3.63, 3.8) is 0 Å². The average molecular weight is 461 g/mol. The van der Waals surface area contributed by atoms with Crippen LogP contribution in [0.4, 0.5) is 0 Å². The van der Waals surface area contributed by atoms with E-state index in [1.807, 2.05) is 19.1 Å². The number of phenolic OH excluding ortho intramolecular Hbond substituents is 1. The molecule has 0 aromatic heterocycles. The maximum Gasteiger partial charge on any atom is 0.308 e. The minimum atomic E-state index is -0.111. The van der Waals surface area contributed by atoms with E-state index in [4.69, 9.17) is 4.74 Å². The number of halogens is 1. The molecule has 2 N–H and O–H groups in total. The summed E-state index contributed by atoms with van der Waals surface area (Å²) in [6.45, 7) is 5.12. The number of nitrogens with zero attached hydrogens (tertiary/aromatic N) is 2. The first-order chi connectivity index (χ1) is 11.6. The van der Waals surface area contributed by atoms with Crippen molar-refractivity contribution >= 4 is 35.9 Å². The van der Waals surface area contributed by atoms with Gasteiger partial charge in [-0.15, -0.1) is 24.0 Å². The lowest BCUT2D eigenvalue weighted by Crippen LogP contribution is -2.46. The second-order valence-electron chi connectivity index (χ2n) is 5.94. The highest BCUT2D eigenvalue weighted by Gasteiger charge is 2.26. The Hall–Kier alpha value is -1.51. The number of piperidine rings is 1. The summed E-state index contributed by atoms with van der Waals surface area (Å²) in [5, 5.41) is 12.8. The highest BCUT2D eigenvalue weighted by Crippen LogP contribution is 2.18. The van der Waals surface area contributed by atoms with Crippen LogP contribution >= 0.6 is 24.0 Å². The van der Waals surface area contributed by atoms with Crippen LogP contribution in [0, 0.1) is 5.92 Å². The van der Waals surface area contributed by atoms with Crippen LogP contribution < -0.4 is 5.32 Å². The van der Waals surface area contributed by atoms with Crippen LogP contribution in [-0.2, 0) is 16.0 Å². The fourth-order valence-corrected chi connectivity index (χ4v) is 2.92. The zero-order valence-corrected chi connectivity index (χ0v) is 17.2. The smallest absolute Gasteiger partial charge is 0.308 e. The molecule has 1 heterocycles. The Balaban J connectivity index is 0.00000312. The third-order valence-electron chi connectivity index (χ3n) is 4.24. The third kappa shape index (κ3) is 6.72. The summed E-state index contributed by atoms with van der Waals surface area (Å²) in [5.41, 5.74) is 1.07. The molecule has 0 spiro atoms. The molecular formula is C18H28IN3O3. The van der Waals surface area contributed by atoms with Gasteiger partial charge >= 0.3 is 5.97 Å². The van der Waals surface area contributed by atoms with Crippen LogP contribution in [0.3, 0.4) is 0 Å². The molecule has 0 bridgehead atoms. The number of nitrogens with one attached hydrogen (secondary N) is 1. The third-order valence-corrected chi connectivity index (χ3v) is 4.24. The molecule has 0 atom stereocenters. The number of hydrogen-bond donors (Lipinski definition) is 2. The van der Waals surface area contributed by atoms with Gasteiger partial charge in [0.05, 0.1) is 13.0 Å². The number of esters is 1. The van der Waals surface area contributed by atoms with Crippen LogP contribution in [0.5, 0.6) is 5.75 Å². The average Bonchev–Trinajstić information content (AvgIpc) is 2.60. The minimum Gasteiger partial charge on any atom is -0.508 e. The molecular weight excluding hydrogens is 433 g/mol. The van der Waals surface area contributed by atoms with E-state index < -0.39 is 0 Å². The summed E-state index contributed by atoms with van der Waals surface area (Å²) in [7, 11) is 1.45. The molecule has 0 aliphatic carbocycles. The number of likely N-dealkylation sites (tertiary alicyclic amines) is 1. The number of aliphatic imine (C=N–C) groups is 1. The van der Waals surface area contributed by atoms with Gasteiger partial charge in [0.1, 0.15) is 5.75 Å². The van der Waals surface area contributed by atoms with Gasteiger partial charge in [0, 0.05) is 26.2 Å². The van der Waals surface area contributed by atoms with Crippen molar-refractivity contribution in [2.75, 3.05) is 33.3 Å². The lowest BCUT2D eigenvalue weighted by Gasteiger charge is -2.33. The predicted octanol–water partition coefficient (Wildman–Crippen LogP) is 2.40. The second-order valence-corrected chi connectivity index (χ2v) is 5.94. The number of rotatable bonds is 5. The van der Waals surface area contributed by atoms with Crippen LogP contribution in [0.2, 0.25) is 0 Å². The molecule has 1 saturated heterocycles. The van der Waals surface area contributed by atoms with Gasteiger partial charge in [0.25, 0.3) is 0 Å². The van der Waals surface area contributed by atoms with Crippen LogP contribution in [0.1, 0.15) is 25.3 Å². The molecule has 1 fully saturated rings. The second kappa shape index (κ2) is 11.2. The number of hydrogen-bond acceptors (Lipinski definition) is 4. The maximum atomic E-state index is 11.6. The van der Waals surface area contributed by atoms with E-state index in [1.54, 1.807) is 12.1 Å². The number of carbonyl (C=O) groups excluding carboxylic acids is 1. The molecule has 0 unspecified atom stereocenters. The van der Waals surface area contributed by atoms with Crippen LogP contribution in [0.15, 0.2) is 29.3 Å². The summed E-state index contributed by atoms with van der Waals surface area (Å²) in [6.07, 6.45) is 2.37. The standard InChI is InChI=1S/C18H27N3O3.HI/c1-3-19-18(20-10-7-14-5-4-6-16(22)13-14)21-11-8-15(9-12-21)17(23)24-2;/h4-6,13,15,22H,3,7-12H2,1-2H3,(H,19,20);1H. The molecule has 0 saturated carbocycles. The van der Waals surface area contributed by atoms with Gasteiger partial charge in [-0.1, -0.05) is 12.1 Å². The van der Waals surface area contributed by atoms with Gasteiger partial charge in [-0.25, -0.2) is 0 Å². The summed E-state index contributed by atoms with van der Waals surface area (Å²) >= 11 is 0. The van der Waals surface area contributed by atoms with Crippen molar-refractivity contribution in [2.24, 2.45) is 10.9 Å². The zero-order valence-electron chi connectivity index (χ0n) is 14.9. The van der Waals surface area contributed by atoms with Crippen molar-refractivity contribution in [2.45, 2.75) is 26.2 Å². The first-order valence-corrected chi connectivity index (χ1v) is 8.53. The molecule has 1 aromatic rings. The Bertz CT molecular complexity index is 572. The van der Waals surface area contributed by atoms with E-state index in [2.05, 4.69) is 15.2 Å². The SMILES string of the molecule is CCNC(=NCCc1cccc(O)c1)N1CCC(C(=O)OC)CC1.I. The lowest BCUT2D eigenvalue weighted by molar-refractivity contribution is -0.146. The fraction of sp³-hybridized carbons (Fsp3) is 0.556. The predicted molar refractivity (Wildman–Crippen MR) is 110 cm³/mol. The van der Waals surface area contributed by atoms with E-state index in [0.29, 0.717) is 6.54 Å². The van der Waals surface area contributed by atoms with Crippen LogP contribution in [-0.4, -0.2) is 55.2 Å². The molecule has 2 rings (SSSR count). The molecule has 0 radical (unpaired) electrons. The van der Waals surface area contributed by atoms with Gasteiger partial charge in [-0.3, -0.25) is 9.79 Å². The van der Waals surface area contributed by atoms with Crippen molar-refractivity contribution in [3.8, 4) is 5.75 Å². The Labute approximate surface area is 166 Å². The number of carbonyl (C=O) groups is 1. The molecule has 140 valence electrons. The van der Waals surface area contributed by atoms with E-state index in [9.17, 15) is 9.90 Å². The van der Waals surface area contributed by atoms with Gasteiger partial charge < -0.3 is 20.1 Å². The number of guanidine groups is 1. The minimum absolute atomic E-state index is 0. The fourth-order valence-electron chi connectivity index (χ4n) is 2.92. The Morgan fingerprint density at radius 2 is 2.12 bits per heavy atom. The monoisotopic (exact) mass is 461 g/mol. The van der Waals surface area contributed by atoms with Crippen LogP contribution in [0.25, 0.3) is 0 Å². The Kier molecular flexibility index (Phi) is 9.62. The first kappa shape index (κ1) is 21.5. The van der Waals surface area contributed by atoms with Crippen molar-refractivity contribution < 1.29 is 14.6 Å². The summed E-state index contributed by atoms with van der Waals surface area (Å²) in [5.74, 6) is 1.07. The molecule has 7 heteroatoms. The number of ether oxygens (including phenoxy) is 1. The largest absolute Gasteiger partial charge is 0.508 e. The molecule has 1 aliphatic heterocycles. The number of phenols is 1. The Morgan fingerprint density at radius 3 is 2.72 bits per heavy atom. The highest BCUT2D eigenvalue weighted by molar-refractivity contribution is 14.0. The van der Waals surface area contributed by atoms with E-state index in [0.717, 1.165) is 50.4 Å². The number of benzene rings is 1. The molecule has 1 aliphatic rings. The van der Waals surface area contributed by atoms with Gasteiger partial charge in [0.15, 0.2) is 5.96 Å². The number of methoxy groups -OCH3 is 1. The van der Waals surface area contributed by atoms with Crippen molar-refractivity contribution in [1.29, 1.82) is 0 Å². The molecule has 1 aromatic carbocycles. The van der Waals surface area contributed by atoms with Gasteiger partial charge in [0.2, 0.25) is 0 Å². The zero-order chi connectivity index (χ0) is 17.4. The highest BCUT2D eigenvalue weighted by atomic mass is 127. The molecule has 25 heavy (non-hydrogen) atoms. The first-order valence-electron chi connectivity index (χ1n) is 8.53.